The number of nitro groups is 1. The van der Waals surface area contributed by atoms with E-state index < -0.39 is 20.6 Å². The largest absolute Gasteiger partial charge is 0.497 e. The van der Waals surface area contributed by atoms with Gasteiger partial charge in [0.2, 0.25) is 0 Å². The van der Waals surface area contributed by atoms with Crippen molar-refractivity contribution in [1.29, 1.82) is 0 Å². The molecule has 0 aliphatic rings. The lowest BCUT2D eigenvalue weighted by molar-refractivity contribution is -0.384. The number of methoxy groups -OCH3 is 3. The molecule has 0 radical (unpaired) electrons. The van der Waals surface area contributed by atoms with Crippen LogP contribution in [0, 0.1) is 10.1 Å². The summed E-state index contributed by atoms with van der Waals surface area (Å²) in [5, 5.41) is 15.6. The monoisotopic (exact) mass is 486 g/mol. The number of hydrogen-bond acceptors (Lipinski definition) is 9. The Labute approximate surface area is 196 Å². The third-order valence-electron chi connectivity index (χ3n) is 4.59. The molecule has 3 rings (SSSR count). The Morgan fingerprint density at radius 3 is 2.06 bits per heavy atom. The second kappa shape index (κ2) is 10.5. The number of hydrogen-bond donors (Lipinski definition) is 2. The highest BCUT2D eigenvalue weighted by Crippen LogP contribution is 2.29. The first-order valence-corrected chi connectivity index (χ1v) is 11.2. The number of anilines is 2. The van der Waals surface area contributed by atoms with Gasteiger partial charge in [-0.05, 0) is 48.5 Å². The fourth-order valence-electron chi connectivity index (χ4n) is 2.88. The highest BCUT2D eigenvalue weighted by Gasteiger charge is 2.21. The highest BCUT2D eigenvalue weighted by atomic mass is 32.2. The summed E-state index contributed by atoms with van der Waals surface area (Å²) in [5.74, 6) is 1.65. The molecular formula is C22H22N4O7S. The molecule has 0 aromatic heterocycles. The Bertz CT molecular complexity index is 1290. The second-order valence-corrected chi connectivity index (χ2v) is 8.47. The van der Waals surface area contributed by atoms with E-state index in [0.717, 1.165) is 6.07 Å². The van der Waals surface area contributed by atoms with Gasteiger partial charge in [0.05, 0.1) is 37.4 Å². The number of rotatable bonds is 10. The quantitative estimate of drug-likeness (QED) is 0.250. The maximum Gasteiger partial charge on any atom is 0.295 e. The standard InChI is InChI=1S/C22H22N4O7S/c1-31-17-6-4-16(5-7-17)25-34(29,30)20-8-9-21(22(13-20)26(27)28)24-23-14-15-10-18(32-2)12-19(11-15)33-3/h4-14,24-25H,1-3H3. The van der Waals surface area contributed by atoms with Gasteiger partial charge >= 0.3 is 0 Å². The van der Waals surface area contributed by atoms with Crippen molar-refractivity contribution in [3.8, 4) is 17.2 Å². The SMILES string of the molecule is COc1ccc(NS(=O)(=O)c2ccc(NN=Cc3cc(OC)cc(OC)c3)c([N+](=O)[O-])c2)cc1. The van der Waals surface area contributed by atoms with Crippen LogP contribution in [0.15, 0.2) is 70.7 Å². The van der Waals surface area contributed by atoms with Crippen LogP contribution in [-0.2, 0) is 10.0 Å². The van der Waals surface area contributed by atoms with E-state index in [-0.39, 0.29) is 16.3 Å². The predicted molar refractivity (Wildman–Crippen MR) is 128 cm³/mol. The van der Waals surface area contributed by atoms with Crippen molar-refractivity contribution in [2.75, 3.05) is 31.5 Å². The van der Waals surface area contributed by atoms with Gasteiger partial charge in [-0.2, -0.15) is 5.10 Å². The van der Waals surface area contributed by atoms with Crippen LogP contribution in [0.4, 0.5) is 17.1 Å². The number of ether oxygens (including phenoxy) is 3. The van der Waals surface area contributed by atoms with E-state index in [4.69, 9.17) is 14.2 Å². The van der Waals surface area contributed by atoms with E-state index in [0.29, 0.717) is 22.8 Å². The Hall–Kier alpha value is -4.32. The van der Waals surface area contributed by atoms with E-state index in [1.54, 1.807) is 30.3 Å². The topological polar surface area (TPSA) is 141 Å². The van der Waals surface area contributed by atoms with Crippen LogP contribution in [0.2, 0.25) is 0 Å². The molecule has 0 saturated heterocycles. The predicted octanol–water partition coefficient (Wildman–Crippen LogP) is 3.87. The van der Waals surface area contributed by atoms with Gasteiger partial charge in [0.1, 0.15) is 22.9 Å². The van der Waals surface area contributed by atoms with Gasteiger partial charge in [-0.15, -0.1) is 0 Å². The number of nitro benzene ring substituents is 1. The smallest absolute Gasteiger partial charge is 0.295 e. The van der Waals surface area contributed by atoms with Crippen LogP contribution in [-0.4, -0.2) is 40.9 Å². The Kier molecular flexibility index (Phi) is 7.53. The van der Waals surface area contributed by atoms with Crippen molar-refractivity contribution in [2.24, 2.45) is 5.10 Å². The zero-order chi connectivity index (χ0) is 24.7. The van der Waals surface area contributed by atoms with Crippen LogP contribution >= 0.6 is 0 Å². The van der Waals surface area contributed by atoms with Crippen molar-refractivity contribution in [2.45, 2.75) is 4.90 Å². The zero-order valence-electron chi connectivity index (χ0n) is 18.5. The van der Waals surface area contributed by atoms with E-state index in [1.165, 1.54) is 51.8 Å². The van der Waals surface area contributed by atoms with Gasteiger partial charge in [-0.25, -0.2) is 8.42 Å². The molecule has 0 unspecified atom stereocenters. The molecule has 0 fully saturated rings. The second-order valence-electron chi connectivity index (χ2n) is 6.79. The molecule has 0 aliphatic carbocycles. The third-order valence-corrected chi connectivity index (χ3v) is 5.97. The Morgan fingerprint density at radius 1 is 0.882 bits per heavy atom. The molecule has 3 aromatic carbocycles. The number of hydrazone groups is 1. The molecule has 34 heavy (non-hydrogen) atoms. The van der Waals surface area contributed by atoms with Crippen molar-refractivity contribution in [3.05, 3.63) is 76.3 Å². The lowest BCUT2D eigenvalue weighted by Crippen LogP contribution is -2.13. The van der Waals surface area contributed by atoms with Crippen LogP contribution in [0.3, 0.4) is 0 Å². The van der Waals surface area contributed by atoms with Crippen LogP contribution in [0.1, 0.15) is 5.56 Å². The number of nitrogens with one attached hydrogen (secondary N) is 2. The number of sulfonamides is 1. The third kappa shape index (κ3) is 5.92. The average Bonchev–Trinajstić information content (AvgIpc) is 2.84. The van der Waals surface area contributed by atoms with Crippen LogP contribution in [0.25, 0.3) is 0 Å². The summed E-state index contributed by atoms with van der Waals surface area (Å²) < 4.78 is 43.2. The van der Waals surface area contributed by atoms with Crippen molar-refractivity contribution >= 4 is 33.3 Å². The first kappa shape index (κ1) is 24.3. The summed E-state index contributed by atoms with van der Waals surface area (Å²) in [4.78, 5) is 10.6. The first-order valence-electron chi connectivity index (χ1n) is 9.73. The lowest BCUT2D eigenvalue weighted by Gasteiger charge is -2.10. The van der Waals surface area contributed by atoms with Gasteiger partial charge in [-0.1, -0.05) is 0 Å². The van der Waals surface area contributed by atoms with E-state index in [1.807, 2.05) is 0 Å². The average molecular weight is 487 g/mol. The molecule has 0 heterocycles. The minimum Gasteiger partial charge on any atom is -0.497 e. The van der Waals surface area contributed by atoms with Crippen molar-refractivity contribution in [1.82, 2.24) is 0 Å². The molecule has 11 nitrogen and oxygen atoms in total. The molecule has 0 bridgehead atoms. The first-order chi connectivity index (χ1) is 16.2. The van der Waals surface area contributed by atoms with Crippen LogP contribution in [0.5, 0.6) is 17.2 Å². The molecule has 3 aromatic rings. The maximum atomic E-state index is 12.7. The highest BCUT2D eigenvalue weighted by molar-refractivity contribution is 7.92. The zero-order valence-corrected chi connectivity index (χ0v) is 19.3. The fourth-order valence-corrected chi connectivity index (χ4v) is 3.96. The summed E-state index contributed by atoms with van der Waals surface area (Å²) in [6, 6.07) is 14.8. The van der Waals surface area contributed by atoms with Crippen molar-refractivity contribution < 1.29 is 27.6 Å². The molecule has 0 amide bonds. The summed E-state index contributed by atoms with van der Waals surface area (Å²) in [7, 11) is 0.438. The summed E-state index contributed by atoms with van der Waals surface area (Å²) in [5.41, 5.74) is 3.03. The summed E-state index contributed by atoms with van der Waals surface area (Å²) >= 11 is 0. The van der Waals surface area contributed by atoms with E-state index in [9.17, 15) is 18.5 Å². The van der Waals surface area contributed by atoms with Gasteiger partial charge in [-0.3, -0.25) is 20.3 Å². The molecule has 0 atom stereocenters. The number of benzene rings is 3. The van der Waals surface area contributed by atoms with Crippen molar-refractivity contribution in [3.63, 3.8) is 0 Å². The molecule has 0 spiro atoms. The van der Waals surface area contributed by atoms with Gasteiger partial charge in [0.25, 0.3) is 15.7 Å². The molecule has 2 N–H and O–H groups in total. The molecule has 12 heteroatoms. The molecular weight excluding hydrogens is 464 g/mol. The van der Waals surface area contributed by atoms with Gasteiger partial charge in [0.15, 0.2) is 0 Å². The fraction of sp³-hybridized carbons (Fsp3) is 0.136. The summed E-state index contributed by atoms with van der Waals surface area (Å²) in [6.45, 7) is 0. The normalized spacial score (nSPS) is 11.1. The minimum atomic E-state index is -4.07. The summed E-state index contributed by atoms with van der Waals surface area (Å²) in [6.07, 6.45) is 1.42. The Morgan fingerprint density at radius 2 is 1.50 bits per heavy atom. The molecule has 0 aliphatic heterocycles. The van der Waals surface area contributed by atoms with Gasteiger partial charge in [0, 0.05) is 23.4 Å². The lowest BCUT2D eigenvalue weighted by atomic mass is 10.2. The van der Waals surface area contributed by atoms with E-state index in [2.05, 4.69) is 15.2 Å². The molecule has 178 valence electrons. The number of nitrogens with zero attached hydrogens (tertiary/aromatic N) is 2. The maximum absolute atomic E-state index is 12.7. The van der Waals surface area contributed by atoms with Gasteiger partial charge < -0.3 is 14.2 Å². The van der Waals surface area contributed by atoms with E-state index >= 15 is 0 Å². The van der Waals surface area contributed by atoms with Crippen LogP contribution < -0.4 is 24.4 Å². The molecule has 0 saturated carbocycles. The minimum absolute atomic E-state index is 0.0134. The Balaban J connectivity index is 1.82.